The lowest BCUT2D eigenvalue weighted by atomic mass is 9.70. The number of anilines is 1. The number of benzene rings is 2. The van der Waals surface area contributed by atoms with Gasteiger partial charge in [-0.2, -0.15) is 0 Å². The molecule has 38 heavy (non-hydrogen) atoms. The van der Waals surface area contributed by atoms with Gasteiger partial charge in [0.1, 0.15) is 11.6 Å². The molecule has 6 nitrogen and oxygen atoms in total. The van der Waals surface area contributed by atoms with Crippen molar-refractivity contribution >= 4 is 17.6 Å². The zero-order valence-corrected chi connectivity index (χ0v) is 21.4. The van der Waals surface area contributed by atoms with E-state index in [0.29, 0.717) is 5.82 Å². The maximum absolute atomic E-state index is 13.7. The van der Waals surface area contributed by atoms with Crippen LogP contribution in [-0.4, -0.2) is 39.3 Å². The maximum Gasteiger partial charge on any atom is 0.256 e. The largest absolute Gasteiger partial charge is 0.357 e. The number of halogens is 1. The van der Waals surface area contributed by atoms with Gasteiger partial charge in [-0.15, -0.1) is 0 Å². The van der Waals surface area contributed by atoms with E-state index in [1.165, 1.54) is 12.1 Å². The Balaban J connectivity index is 1.38. The highest BCUT2D eigenvalue weighted by Gasteiger charge is 2.48. The average molecular weight is 509 g/mol. The number of amides is 2. The van der Waals surface area contributed by atoms with Crippen molar-refractivity contribution in [2.75, 3.05) is 12.4 Å². The molecule has 1 spiro atoms. The van der Waals surface area contributed by atoms with Crippen molar-refractivity contribution in [2.45, 2.75) is 44.1 Å². The molecule has 1 fully saturated rings. The summed E-state index contributed by atoms with van der Waals surface area (Å²) in [6, 6.07) is 19.6. The molecule has 0 saturated heterocycles. The third kappa shape index (κ3) is 3.99. The van der Waals surface area contributed by atoms with Crippen LogP contribution in [0.3, 0.4) is 0 Å². The molecule has 1 atom stereocenters. The van der Waals surface area contributed by atoms with Crippen LogP contribution in [0.25, 0.3) is 22.4 Å². The normalized spacial score (nSPS) is 16.6. The molecule has 1 aliphatic carbocycles. The van der Waals surface area contributed by atoms with Crippen LogP contribution < -0.4 is 5.32 Å². The first-order valence-corrected chi connectivity index (χ1v) is 13.0. The molecular formula is C31H29FN4O2. The van der Waals surface area contributed by atoms with Crippen LogP contribution in [0.1, 0.15) is 53.7 Å². The lowest BCUT2D eigenvalue weighted by Gasteiger charge is -2.51. The van der Waals surface area contributed by atoms with E-state index in [0.717, 1.165) is 64.9 Å². The van der Waals surface area contributed by atoms with E-state index in [1.54, 1.807) is 25.3 Å². The summed E-state index contributed by atoms with van der Waals surface area (Å²) in [7, 11) is 1.92. The predicted octanol–water partition coefficient (Wildman–Crippen LogP) is 6.18. The van der Waals surface area contributed by atoms with Crippen LogP contribution in [0.5, 0.6) is 0 Å². The maximum atomic E-state index is 13.7. The Morgan fingerprint density at radius 1 is 1.05 bits per heavy atom. The third-order valence-electron chi connectivity index (χ3n) is 8.22. The molecule has 2 amide bonds. The van der Waals surface area contributed by atoms with Crippen molar-refractivity contribution in [1.82, 2.24) is 14.9 Å². The van der Waals surface area contributed by atoms with Crippen molar-refractivity contribution < 1.29 is 14.0 Å². The van der Waals surface area contributed by atoms with E-state index in [4.69, 9.17) is 0 Å². The number of H-pyrrole nitrogens is 1. The highest BCUT2D eigenvalue weighted by atomic mass is 19.1. The monoisotopic (exact) mass is 508 g/mol. The Hall–Kier alpha value is -4.26. The Bertz CT molecular complexity index is 1520. The number of rotatable bonds is 5. The summed E-state index contributed by atoms with van der Waals surface area (Å²) in [5, 5.41) is 2.90. The van der Waals surface area contributed by atoms with Gasteiger partial charge in [0.2, 0.25) is 5.91 Å². The van der Waals surface area contributed by atoms with Crippen molar-refractivity contribution in [2.24, 2.45) is 0 Å². The van der Waals surface area contributed by atoms with Gasteiger partial charge in [0, 0.05) is 42.0 Å². The summed E-state index contributed by atoms with van der Waals surface area (Å²) in [4.78, 5) is 36.6. The minimum atomic E-state index is -0.481. The topological polar surface area (TPSA) is 78.1 Å². The molecule has 192 valence electrons. The number of aromatic amines is 1. The molecular weight excluding hydrogens is 479 g/mol. The summed E-state index contributed by atoms with van der Waals surface area (Å²) >= 11 is 0. The van der Waals surface area contributed by atoms with Crippen LogP contribution in [0.4, 0.5) is 10.2 Å². The van der Waals surface area contributed by atoms with E-state index in [2.05, 4.69) is 15.3 Å². The molecule has 2 N–H and O–H groups in total. The second-order valence-electron chi connectivity index (χ2n) is 10.4. The van der Waals surface area contributed by atoms with Gasteiger partial charge < -0.3 is 15.2 Å². The molecule has 1 aliphatic heterocycles. The number of hydrogen-bond donors (Lipinski definition) is 2. The summed E-state index contributed by atoms with van der Waals surface area (Å²) < 4.78 is 13.3. The molecule has 2 aromatic heterocycles. The number of fused-ring (bicyclic) bond motifs is 1. The molecule has 2 aliphatic rings. The van der Waals surface area contributed by atoms with Gasteiger partial charge in [-0.1, -0.05) is 42.5 Å². The molecule has 4 aromatic rings. The fourth-order valence-electron chi connectivity index (χ4n) is 5.75. The Labute approximate surface area is 220 Å². The number of nitrogens with zero attached hydrogens (tertiary/aromatic N) is 2. The highest BCUT2D eigenvalue weighted by molar-refractivity contribution is 6.07. The fraction of sp³-hybridized carbons (Fsp3) is 0.258. The molecule has 0 bridgehead atoms. The second-order valence-corrected chi connectivity index (χ2v) is 10.4. The smallest absolute Gasteiger partial charge is 0.256 e. The first kappa shape index (κ1) is 24.1. The van der Waals surface area contributed by atoms with Gasteiger partial charge in [-0.05, 0) is 61.6 Å². The van der Waals surface area contributed by atoms with Crippen LogP contribution in [0, 0.1) is 5.82 Å². The second kappa shape index (κ2) is 9.24. The van der Waals surface area contributed by atoms with Gasteiger partial charge in [0.05, 0.1) is 17.2 Å². The van der Waals surface area contributed by atoms with Crippen LogP contribution >= 0.6 is 0 Å². The molecule has 2 aromatic carbocycles. The predicted molar refractivity (Wildman–Crippen MR) is 145 cm³/mol. The van der Waals surface area contributed by atoms with Gasteiger partial charge in [-0.25, -0.2) is 9.37 Å². The average Bonchev–Trinajstić information content (AvgIpc) is 3.30. The summed E-state index contributed by atoms with van der Waals surface area (Å²) in [5.41, 5.74) is 5.80. The summed E-state index contributed by atoms with van der Waals surface area (Å²) in [6.45, 7) is 1.78. The van der Waals surface area contributed by atoms with Crippen molar-refractivity contribution in [3.63, 3.8) is 0 Å². The molecule has 3 heterocycles. The minimum Gasteiger partial charge on any atom is -0.357 e. The number of aromatic nitrogens is 2. The van der Waals surface area contributed by atoms with E-state index in [-0.39, 0.29) is 23.2 Å². The Morgan fingerprint density at radius 3 is 2.47 bits per heavy atom. The van der Waals surface area contributed by atoms with Crippen molar-refractivity contribution in [1.29, 1.82) is 0 Å². The zero-order valence-electron chi connectivity index (χ0n) is 21.4. The standard InChI is InChI=1S/C31H29FN4O2/c1-19(20-9-11-23(32)12-10-20)29(37)35-25-17-22(13-16-33-25)28-26(21-7-4-3-5-8-21)27-24(34-28)18-31(14-6-15-31)36(2)30(27)38/h3-5,7-13,16-17,19,34H,6,14-15,18H2,1-2H3,(H,33,35,37)/t19-/m1/s1. The van der Waals surface area contributed by atoms with E-state index in [1.807, 2.05) is 54.4 Å². The zero-order chi connectivity index (χ0) is 26.4. The van der Waals surface area contributed by atoms with Crippen LogP contribution in [0.15, 0.2) is 72.9 Å². The van der Waals surface area contributed by atoms with Gasteiger partial charge in [-0.3, -0.25) is 9.59 Å². The third-order valence-corrected chi connectivity index (χ3v) is 8.22. The first-order valence-electron chi connectivity index (χ1n) is 13.0. The van der Waals surface area contributed by atoms with Crippen LogP contribution in [-0.2, 0) is 11.2 Å². The first-order chi connectivity index (χ1) is 18.4. The highest BCUT2D eigenvalue weighted by Crippen LogP contribution is 2.48. The Morgan fingerprint density at radius 2 is 1.79 bits per heavy atom. The number of carbonyl (C=O) groups excluding carboxylic acids is 2. The summed E-state index contributed by atoms with van der Waals surface area (Å²) in [5.74, 6) is -0.605. The molecule has 6 rings (SSSR count). The van der Waals surface area contributed by atoms with E-state index in [9.17, 15) is 14.0 Å². The van der Waals surface area contributed by atoms with Gasteiger partial charge in [0.15, 0.2) is 0 Å². The van der Waals surface area contributed by atoms with Crippen molar-refractivity contribution in [3.05, 3.63) is 95.6 Å². The quantitative estimate of drug-likeness (QED) is 0.338. The summed E-state index contributed by atoms with van der Waals surface area (Å²) in [6.07, 6.45) is 5.62. The van der Waals surface area contributed by atoms with Gasteiger partial charge in [0.25, 0.3) is 5.91 Å². The molecule has 1 saturated carbocycles. The van der Waals surface area contributed by atoms with E-state index >= 15 is 0 Å². The SMILES string of the molecule is C[C@@H](C(=O)Nc1cc(-c2[nH]c3c(c2-c2ccccc2)C(=O)N(C)C2(CCC2)C3)ccn1)c1ccc(F)cc1. The molecule has 0 radical (unpaired) electrons. The van der Waals surface area contributed by atoms with Crippen molar-refractivity contribution in [3.8, 4) is 22.4 Å². The number of hydrogen-bond acceptors (Lipinski definition) is 3. The number of likely N-dealkylation sites (N-methyl/N-ethyl adjacent to an activating group) is 1. The number of nitrogens with one attached hydrogen (secondary N) is 2. The minimum absolute atomic E-state index is 0.0445. The molecule has 0 unspecified atom stereocenters. The lowest BCUT2D eigenvalue weighted by molar-refractivity contribution is -0.117. The van der Waals surface area contributed by atoms with Crippen LogP contribution in [0.2, 0.25) is 0 Å². The fourth-order valence-corrected chi connectivity index (χ4v) is 5.75. The number of pyridine rings is 1. The lowest BCUT2D eigenvalue weighted by Crippen LogP contribution is -2.58. The van der Waals surface area contributed by atoms with Gasteiger partial charge >= 0.3 is 0 Å². The number of carbonyl (C=O) groups is 2. The van der Waals surface area contributed by atoms with E-state index < -0.39 is 5.92 Å². The Kier molecular flexibility index (Phi) is 5.86. The molecule has 7 heteroatoms.